The van der Waals surface area contributed by atoms with E-state index in [-0.39, 0.29) is 21.7 Å². The first kappa shape index (κ1) is 17.7. The molecule has 5 nitrogen and oxygen atoms in total. The van der Waals surface area contributed by atoms with Gasteiger partial charge in [0.05, 0.1) is 11.9 Å². The third kappa shape index (κ3) is 3.94. The van der Waals surface area contributed by atoms with Crippen LogP contribution in [0.4, 0.5) is 14.5 Å². The van der Waals surface area contributed by atoms with E-state index < -0.39 is 33.3 Å². The SMILES string of the molecule is O=S(=O)(CC(O)CNc1ccnc2c(F)cc(F)cc12)c1cccs1. The van der Waals surface area contributed by atoms with Crippen LogP contribution in [-0.4, -0.2) is 36.9 Å². The lowest BCUT2D eigenvalue weighted by atomic mass is 10.1. The number of anilines is 1. The van der Waals surface area contributed by atoms with Crippen molar-refractivity contribution in [2.24, 2.45) is 0 Å². The van der Waals surface area contributed by atoms with Crippen LogP contribution in [0.15, 0.2) is 46.1 Å². The van der Waals surface area contributed by atoms with Crippen molar-refractivity contribution < 1.29 is 22.3 Å². The summed E-state index contributed by atoms with van der Waals surface area (Å²) in [5.74, 6) is -1.99. The maximum atomic E-state index is 13.7. The predicted octanol–water partition coefficient (Wildman–Crippen LogP) is 2.82. The first-order chi connectivity index (χ1) is 11.9. The topological polar surface area (TPSA) is 79.3 Å². The minimum absolute atomic E-state index is 0.00732. The zero-order valence-corrected chi connectivity index (χ0v) is 14.4. The van der Waals surface area contributed by atoms with E-state index in [1.807, 2.05) is 0 Å². The first-order valence-electron chi connectivity index (χ1n) is 7.29. The Bertz CT molecular complexity index is 992. The second kappa shape index (κ2) is 7.03. The number of aromatic nitrogens is 1. The van der Waals surface area contributed by atoms with Crippen molar-refractivity contribution in [3.8, 4) is 0 Å². The summed E-state index contributed by atoms with van der Waals surface area (Å²) in [6.45, 7) is -0.0954. The van der Waals surface area contributed by atoms with Crippen molar-refractivity contribution >= 4 is 37.8 Å². The van der Waals surface area contributed by atoms with Crippen LogP contribution in [0, 0.1) is 11.6 Å². The molecule has 9 heteroatoms. The molecular formula is C16H14F2N2O3S2. The lowest BCUT2D eigenvalue weighted by Crippen LogP contribution is -2.28. The molecule has 0 saturated carbocycles. The third-order valence-electron chi connectivity index (χ3n) is 3.50. The number of hydrogen-bond donors (Lipinski definition) is 2. The summed E-state index contributed by atoms with van der Waals surface area (Å²) in [7, 11) is -3.58. The van der Waals surface area contributed by atoms with E-state index in [9.17, 15) is 22.3 Å². The summed E-state index contributed by atoms with van der Waals surface area (Å²) in [6.07, 6.45) is 0.161. The molecule has 3 rings (SSSR count). The van der Waals surface area contributed by atoms with Gasteiger partial charge in [-0.2, -0.15) is 0 Å². The van der Waals surface area contributed by atoms with Crippen molar-refractivity contribution in [3.05, 3.63) is 53.5 Å². The van der Waals surface area contributed by atoms with Crippen LogP contribution in [0.2, 0.25) is 0 Å². The minimum Gasteiger partial charge on any atom is -0.390 e. The van der Waals surface area contributed by atoms with E-state index >= 15 is 0 Å². The molecule has 0 amide bonds. The van der Waals surface area contributed by atoms with Crippen LogP contribution in [0.1, 0.15) is 0 Å². The quantitative estimate of drug-likeness (QED) is 0.683. The van der Waals surface area contributed by atoms with E-state index in [0.29, 0.717) is 5.69 Å². The van der Waals surface area contributed by atoms with Crippen molar-refractivity contribution in [1.29, 1.82) is 0 Å². The molecule has 0 radical (unpaired) electrons. The number of benzene rings is 1. The van der Waals surface area contributed by atoms with E-state index in [2.05, 4.69) is 10.3 Å². The minimum atomic E-state index is -3.58. The van der Waals surface area contributed by atoms with Crippen molar-refractivity contribution in [2.75, 3.05) is 17.6 Å². The molecule has 0 aliphatic carbocycles. The second-order valence-electron chi connectivity index (χ2n) is 5.39. The molecule has 0 aliphatic rings. The lowest BCUT2D eigenvalue weighted by Gasteiger charge is -2.14. The number of hydrogen-bond acceptors (Lipinski definition) is 6. The van der Waals surface area contributed by atoms with Gasteiger partial charge in [0.25, 0.3) is 0 Å². The molecule has 0 saturated heterocycles. The zero-order chi connectivity index (χ0) is 18.0. The Labute approximate surface area is 146 Å². The molecule has 0 bridgehead atoms. The molecular weight excluding hydrogens is 370 g/mol. The highest BCUT2D eigenvalue weighted by atomic mass is 32.2. The number of rotatable bonds is 6. The molecule has 25 heavy (non-hydrogen) atoms. The monoisotopic (exact) mass is 384 g/mol. The normalized spacial score (nSPS) is 13.1. The number of nitrogens with zero attached hydrogens (tertiary/aromatic N) is 1. The van der Waals surface area contributed by atoms with Crippen LogP contribution >= 0.6 is 11.3 Å². The maximum absolute atomic E-state index is 13.7. The molecule has 3 aromatic rings. The fourth-order valence-electron chi connectivity index (χ4n) is 2.40. The molecule has 1 unspecified atom stereocenters. The van der Waals surface area contributed by atoms with Gasteiger partial charge in [0.1, 0.15) is 15.5 Å². The summed E-state index contributed by atoms with van der Waals surface area (Å²) in [5, 5.41) is 14.7. The Morgan fingerprint density at radius 3 is 2.80 bits per heavy atom. The fraction of sp³-hybridized carbons (Fsp3) is 0.188. The number of nitrogens with one attached hydrogen (secondary N) is 1. The Morgan fingerprint density at radius 1 is 1.28 bits per heavy atom. The summed E-state index contributed by atoms with van der Waals surface area (Å²) < 4.78 is 51.6. The highest BCUT2D eigenvalue weighted by Gasteiger charge is 2.21. The van der Waals surface area contributed by atoms with E-state index in [4.69, 9.17) is 0 Å². The van der Waals surface area contributed by atoms with Gasteiger partial charge in [0.15, 0.2) is 15.7 Å². The van der Waals surface area contributed by atoms with E-state index in [1.165, 1.54) is 18.3 Å². The van der Waals surface area contributed by atoms with Gasteiger partial charge in [0.2, 0.25) is 0 Å². The van der Waals surface area contributed by atoms with Crippen LogP contribution in [0.3, 0.4) is 0 Å². The van der Waals surface area contributed by atoms with Gasteiger partial charge < -0.3 is 10.4 Å². The number of halogens is 2. The summed E-state index contributed by atoms with van der Waals surface area (Å²) in [4.78, 5) is 3.86. The molecule has 0 spiro atoms. The van der Waals surface area contributed by atoms with Crippen molar-refractivity contribution in [2.45, 2.75) is 10.3 Å². The first-order valence-corrected chi connectivity index (χ1v) is 9.82. The smallest absolute Gasteiger partial charge is 0.190 e. The van der Waals surface area contributed by atoms with Crippen LogP contribution in [0.5, 0.6) is 0 Å². The van der Waals surface area contributed by atoms with Crippen LogP contribution in [-0.2, 0) is 9.84 Å². The molecule has 1 atom stereocenters. The van der Waals surface area contributed by atoms with Crippen LogP contribution < -0.4 is 5.32 Å². The molecule has 132 valence electrons. The molecule has 2 heterocycles. The Morgan fingerprint density at radius 2 is 2.08 bits per heavy atom. The zero-order valence-electron chi connectivity index (χ0n) is 12.8. The third-order valence-corrected chi connectivity index (χ3v) is 6.79. The van der Waals surface area contributed by atoms with Gasteiger partial charge in [0, 0.05) is 29.9 Å². The standard InChI is InChI=1S/C16H14F2N2O3S2/c17-10-6-12-14(3-4-19-16(12)13(18)7-10)20-8-11(21)9-25(22,23)15-2-1-5-24-15/h1-7,11,21H,8-9H2,(H,19,20). The van der Waals surface area contributed by atoms with Crippen LogP contribution in [0.25, 0.3) is 10.9 Å². The average molecular weight is 384 g/mol. The van der Waals surface area contributed by atoms with Crippen molar-refractivity contribution in [3.63, 3.8) is 0 Å². The molecule has 2 aromatic heterocycles. The van der Waals surface area contributed by atoms with Crippen molar-refractivity contribution in [1.82, 2.24) is 4.98 Å². The van der Waals surface area contributed by atoms with Gasteiger partial charge in [-0.25, -0.2) is 17.2 Å². The van der Waals surface area contributed by atoms with E-state index in [1.54, 1.807) is 11.4 Å². The Kier molecular flexibility index (Phi) is 4.98. The summed E-state index contributed by atoms with van der Waals surface area (Å²) in [5.41, 5.74) is 0.350. The number of fused-ring (bicyclic) bond motifs is 1. The molecule has 1 aromatic carbocycles. The fourth-order valence-corrected chi connectivity index (χ4v) is 4.88. The molecule has 2 N–H and O–H groups in total. The molecule has 0 aliphatic heterocycles. The Balaban J connectivity index is 1.75. The van der Waals surface area contributed by atoms with Gasteiger partial charge in [-0.15, -0.1) is 11.3 Å². The lowest BCUT2D eigenvalue weighted by molar-refractivity contribution is 0.210. The maximum Gasteiger partial charge on any atom is 0.190 e. The summed E-state index contributed by atoms with van der Waals surface area (Å²) in [6, 6.07) is 6.46. The highest BCUT2D eigenvalue weighted by molar-refractivity contribution is 7.93. The number of pyridine rings is 1. The van der Waals surface area contributed by atoms with E-state index in [0.717, 1.165) is 23.5 Å². The summed E-state index contributed by atoms with van der Waals surface area (Å²) >= 11 is 1.08. The molecule has 0 fully saturated rings. The van der Waals surface area contributed by atoms with Gasteiger partial charge in [-0.05, 0) is 23.6 Å². The second-order valence-corrected chi connectivity index (χ2v) is 8.60. The predicted molar refractivity (Wildman–Crippen MR) is 92.5 cm³/mol. The largest absolute Gasteiger partial charge is 0.390 e. The number of sulfone groups is 1. The Hall–Kier alpha value is -2.10. The number of thiophene rings is 1. The highest BCUT2D eigenvalue weighted by Crippen LogP contribution is 2.25. The number of aliphatic hydroxyl groups is 1. The van der Waals surface area contributed by atoms with Gasteiger partial charge >= 0.3 is 0 Å². The average Bonchev–Trinajstić information content (AvgIpc) is 3.08. The van der Waals surface area contributed by atoms with Gasteiger partial charge in [-0.1, -0.05) is 6.07 Å². The van der Waals surface area contributed by atoms with Gasteiger partial charge in [-0.3, -0.25) is 4.98 Å². The number of aliphatic hydroxyl groups excluding tert-OH is 1.